The average Bonchev–Trinajstić information content (AvgIpc) is 3.55. The number of pyridine rings is 2. The van der Waals surface area contributed by atoms with Crippen LogP contribution in [0.25, 0.3) is 27.6 Å². The van der Waals surface area contributed by atoms with E-state index in [2.05, 4.69) is 148 Å². The van der Waals surface area contributed by atoms with E-state index < -0.39 is 0 Å². The van der Waals surface area contributed by atoms with E-state index in [-0.39, 0.29) is 0 Å². The molecule has 1 aliphatic heterocycles. The van der Waals surface area contributed by atoms with Gasteiger partial charge in [0.2, 0.25) is 0 Å². The molecule has 0 atom stereocenters. The van der Waals surface area contributed by atoms with Crippen molar-refractivity contribution in [3.05, 3.63) is 136 Å². The number of aryl methyl sites for hydroxylation is 7. The summed E-state index contributed by atoms with van der Waals surface area (Å²) in [5.74, 6) is 3.47. The van der Waals surface area contributed by atoms with Gasteiger partial charge in [-0.2, -0.15) is 0 Å². The summed E-state index contributed by atoms with van der Waals surface area (Å²) in [6.45, 7) is 15.6. The predicted octanol–water partition coefficient (Wildman–Crippen LogP) is 10.8. The van der Waals surface area contributed by atoms with E-state index in [0.29, 0.717) is 6.67 Å². The van der Waals surface area contributed by atoms with Crippen molar-refractivity contribution in [1.82, 2.24) is 14.5 Å². The lowest BCUT2D eigenvalue weighted by molar-refractivity contribution is 0.479. The molecular weight excluding hydrogens is 590 g/mol. The van der Waals surface area contributed by atoms with Gasteiger partial charge in [-0.3, -0.25) is 4.57 Å². The quantitative estimate of drug-likeness (QED) is 0.190. The zero-order valence-corrected chi connectivity index (χ0v) is 28.6. The fraction of sp³-hybridized carbons (Fsp3) is 0.190. The first kappa shape index (κ1) is 29.8. The standard InChI is InChI=1S/C42H39N5O/c1-25-11-13-34-35-21-30(6)39(23-38(35)47(37(34)19-25)40-20-26(2)15-16-43-40)48-33-18-27(3)17-32(22-33)45-24-46(36-14-12-31(7)44-42(36)45)41-28(4)9-8-10-29(41)5/h8-23H,24H2,1-7H3. The molecule has 238 valence electrons. The van der Waals surface area contributed by atoms with Gasteiger partial charge in [-0.1, -0.05) is 30.3 Å². The third-order valence-electron chi connectivity index (χ3n) is 9.46. The van der Waals surface area contributed by atoms with E-state index in [4.69, 9.17) is 14.7 Å². The average molecular weight is 630 g/mol. The molecule has 6 heteroatoms. The second-order valence-electron chi connectivity index (χ2n) is 13.3. The first-order valence-electron chi connectivity index (χ1n) is 16.5. The number of hydrogen-bond acceptors (Lipinski definition) is 5. The van der Waals surface area contributed by atoms with Crippen LogP contribution in [0.3, 0.4) is 0 Å². The lowest BCUT2D eigenvalue weighted by atomic mass is 10.1. The second kappa shape index (κ2) is 11.3. The van der Waals surface area contributed by atoms with Crippen molar-refractivity contribution >= 4 is 44.7 Å². The summed E-state index contributed by atoms with van der Waals surface area (Å²) >= 11 is 0. The van der Waals surface area contributed by atoms with Crippen LogP contribution in [0.15, 0.2) is 97.2 Å². The molecule has 8 rings (SSSR count). The van der Waals surface area contributed by atoms with E-state index in [0.717, 1.165) is 62.4 Å². The number of ether oxygens (including phenoxy) is 1. The predicted molar refractivity (Wildman–Crippen MR) is 198 cm³/mol. The summed E-state index contributed by atoms with van der Waals surface area (Å²) in [6.07, 6.45) is 1.88. The highest BCUT2D eigenvalue weighted by Gasteiger charge is 2.31. The Morgan fingerprint density at radius 1 is 0.625 bits per heavy atom. The molecule has 48 heavy (non-hydrogen) atoms. The molecule has 0 aliphatic carbocycles. The van der Waals surface area contributed by atoms with E-state index >= 15 is 0 Å². The van der Waals surface area contributed by atoms with Crippen molar-refractivity contribution < 1.29 is 4.74 Å². The van der Waals surface area contributed by atoms with Gasteiger partial charge in [-0.05, 0) is 130 Å². The zero-order valence-electron chi connectivity index (χ0n) is 28.6. The summed E-state index contributed by atoms with van der Waals surface area (Å²) in [5, 5.41) is 2.39. The lowest BCUT2D eigenvalue weighted by Gasteiger charge is -2.25. The summed E-state index contributed by atoms with van der Waals surface area (Å²) < 4.78 is 9.06. The third kappa shape index (κ3) is 4.96. The van der Waals surface area contributed by atoms with Gasteiger partial charge >= 0.3 is 0 Å². The van der Waals surface area contributed by atoms with Crippen LogP contribution in [-0.4, -0.2) is 21.2 Å². The minimum atomic E-state index is 0.661. The SMILES string of the molecule is Cc1cc(Oc2cc3c(cc2C)c2ccc(C)cc2n3-c2cc(C)ccn2)cc(N2CN(c3c(C)cccc3C)c3ccc(C)nc32)c1. The topological polar surface area (TPSA) is 46.4 Å². The Morgan fingerprint density at radius 2 is 1.40 bits per heavy atom. The maximum Gasteiger partial charge on any atom is 0.158 e. The van der Waals surface area contributed by atoms with Gasteiger partial charge in [-0.15, -0.1) is 0 Å². The molecule has 0 amide bonds. The minimum absolute atomic E-state index is 0.661. The normalized spacial score (nSPS) is 12.7. The highest BCUT2D eigenvalue weighted by atomic mass is 16.5. The molecule has 0 unspecified atom stereocenters. The summed E-state index contributed by atoms with van der Waals surface area (Å²) in [6, 6.07) is 32.5. The van der Waals surface area contributed by atoms with Crippen LogP contribution in [0.1, 0.15) is 39.1 Å². The molecule has 0 radical (unpaired) electrons. The summed E-state index contributed by atoms with van der Waals surface area (Å²) in [5.41, 5.74) is 13.7. The van der Waals surface area contributed by atoms with Crippen LogP contribution in [0, 0.1) is 48.5 Å². The van der Waals surface area contributed by atoms with Gasteiger partial charge < -0.3 is 14.5 Å². The molecule has 0 bridgehead atoms. The number of nitrogens with zero attached hydrogens (tertiary/aromatic N) is 5. The molecule has 1 aliphatic rings. The molecule has 4 heterocycles. The smallest absolute Gasteiger partial charge is 0.158 e. The van der Waals surface area contributed by atoms with Crippen LogP contribution in [-0.2, 0) is 0 Å². The molecule has 3 aromatic heterocycles. The van der Waals surface area contributed by atoms with E-state index in [9.17, 15) is 0 Å². The van der Waals surface area contributed by atoms with Crippen LogP contribution in [0.5, 0.6) is 11.5 Å². The van der Waals surface area contributed by atoms with Crippen molar-refractivity contribution in [3.8, 4) is 17.3 Å². The molecule has 0 saturated carbocycles. The number of rotatable bonds is 5. The van der Waals surface area contributed by atoms with Gasteiger partial charge in [0.25, 0.3) is 0 Å². The first-order chi connectivity index (χ1) is 23.1. The second-order valence-corrected chi connectivity index (χ2v) is 13.3. The summed E-state index contributed by atoms with van der Waals surface area (Å²) in [7, 11) is 0. The number of fused-ring (bicyclic) bond motifs is 4. The molecule has 0 saturated heterocycles. The molecule has 0 fully saturated rings. The van der Waals surface area contributed by atoms with E-state index in [1.54, 1.807) is 0 Å². The van der Waals surface area contributed by atoms with Crippen molar-refractivity contribution in [2.75, 3.05) is 16.5 Å². The lowest BCUT2D eigenvalue weighted by Crippen LogP contribution is -2.25. The van der Waals surface area contributed by atoms with Crippen LogP contribution in [0.4, 0.5) is 22.9 Å². The van der Waals surface area contributed by atoms with Crippen LogP contribution < -0.4 is 14.5 Å². The molecular formula is C42H39N5O. The fourth-order valence-electron chi connectivity index (χ4n) is 7.19. The Hall–Kier alpha value is -5.62. The van der Waals surface area contributed by atoms with Crippen LogP contribution >= 0.6 is 0 Å². The molecule has 7 aromatic rings. The Balaban J connectivity index is 1.23. The maximum atomic E-state index is 6.80. The molecule has 6 nitrogen and oxygen atoms in total. The van der Waals surface area contributed by atoms with Crippen LogP contribution in [0.2, 0.25) is 0 Å². The van der Waals surface area contributed by atoms with E-state index in [1.165, 1.54) is 38.7 Å². The number of benzene rings is 4. The third-order valence-corrected chi connectivity index (χ3v) is 9.46. The largest absolute Gasteiger partial charge is 0.457 e. The fourth-order valence-corrected chi connectivity index (χ4v) is 7.19. The number of hydrogen-bond donors (Lipinski definition) is 0. The first-order valence-corrected chi connectivity index (χ1v) is 16.5. The van der Waals surface area contributed by atoms with Crippen molar-refractivity contribution in [3.63, 3.8) is 0 Å². The number of aromatic nitrogens is 3. The van der Waals surface area contributed by atoms with Crippen molar-refractivity contribution in [2.24, 2.45) is 0 Å². The highest BCUT2D eigenvalue weighted by Crippen LogP contribution is 2.46. The molecule has 0 N–H and O–H groups in total. The number of para-hydroxylation sites is 1. The monoisotopic (exact) mass is 629 g/mol. The van der Waals surface area contributed by atoms with Gasteiger partial charge in [0, 0.05) is 46.2 Å². The molecule has 4 aromatic carbocycles. The Bertz CT molecular complexity index is 2380. The van der Waals surface area contributed by atoms with E-state index in [1.807, 2.05) is 12.3 Å². The zero-order chi connectivity index (χ0) is 33.3. The minimum Gasteiger partial charge on any atom is -0.457 e. The molecule has 0 spiro atoms. The van der Waals surface area contributed by atoms with Gasteiger partial charge in [0.15, 0.2) is 5.82 Å². The van der Waals surface area contributed by atoms with Crippen molar-refractivity contribution in [2.45, 2.75) is 48.5 Å². The van der Waals surface area contributed by atoms with Gasteiger partial charge in [0.05, 0.1) is 16.7 Å². The maximum absolute atomic E-state index is 6.80. The Labute approximate surface area is 281 Å². The highest BCUT2D eigenvalue weighted by molar-refractivity contribution is 6.10. The Morgan fingerprint density at radius 3 is 2.19 bits per heavy atom. The Kier molecular flexibility index (Phi) is 6.99. The van der Waals surface area contributed by atoms with Gasteiger partial charge in [-0.25, -0.2) is 9.97 Å². The summed E-state index contributed by atoms with van der Waals surface area (Å²) in [4.78, 5) is 14.5. The van der Waals surface area contributed by atoms with Crippen molar-refractivity contribution in [1.29, 1.82) is 0 Å². The number of anilines is 4. The van der Waals surface area contributed by atoms with Gasteiger partial charge in [0.1, 0.15) is 24.0 Å².